The lowest BCUT2D eigenvalue weighted by molar-refractivity contribution is 0.141. The number of aromatic nitrogens is 2. The number of fused-ring (bicyclic) bond motifs is 1. The van der Waals surface area contributed by atoms with Gasteiger partial charge in [0.1, 0.15) is 0 Å². The van der Waals surface area contributed by atoms with E-state index in [0.717, 1.165) is 5.56 Å². The second-order valence-corrected chi connectivity index (χ2v) is 4.84. The number of carboxylic acid groups (broad SMARTS) is 1. The Labute approximate surface area is 130 Å². The van der Waals surface area contributed by atoms with Gasteiger partial charge in [0.25, 0.3) is 11.4 Å². The molecule has 116 valence electrons. The van der Waals surface area contributed by atoms with Crippen LogP contribution >= 0.6 is 0 Å². The van der Waals surface area contributed by atoms with Gasteiger partial charge in [0.2, 0.25) is 0 Å². The molecular formula is C16H12N2O5. The third-order valence-corrected chi connectivity index (χ3v) is 3.35. The monoisotopic (exact) mass is 312 g/mol. The molecule has 0 bridgehead atoms. The fourth-order valence-electron chi connectivity index (χ4n) is 2.28. The summed E-state index contributed by atoms with van der Waals surface area (Å²) in [7, 11) is 0. The van der Waals surface area contributed by atoms with Gasteiger partial charge in [-0.25, -0.2) is 9.78 Å². The van der Waals surface area contributed by atoms with Gasteiger partial charge in [-0.2, -0.15) is 0 Å². The molecule has 2 aromatic heterocycles. The van der Waals surface area contributed by atoms with Gasteiger partial charge >= 0.3 is 6.16 Å². The van der Waals surface area contributed by atoms with E-state index in [1.54, 1.807) is 0 Å². The molecule has 0 aliphatic carbocycles. The first-order valence-electron chi connectivity index (χ1n) is 6.72. The molecule has 3 rings (SSSR count). The molecule has 2 N–H and O–H groups in total. The molecular weight excluding hydrogens is 300 g/mol. The van der Waals surface area contributed by atoms with Gasteiger partial charge in [0, 0.05) is 17.8 Å². The smallest absolute Gasteiger partial charge is 0.503 e. The van der Waals surface area contributed by atoms with Crippen LogP contribution in [0.25, 0.3) is 10.8 Å². The van der Waals surface area contributed by atoms with Crippen molar-refractivity contribution in [2.24, 2.45) is 0 Å². The highest BCUT2D eigenvalue weighted by Gasteiger charge is 2.15. The Bertz CT molecular complexity index is 934. The summed E-state index contributed by atoms with van der Waals surface area (Å²) in [5.41, 5.74) is 0.619. The summed E-state index contributed by atoms with van der Waals surface area (Å²) in [6.07, 6.45) is 1.13. The summed E-state index contributed by atoms with van der Waals surface area (Å²) in [6.45, 7) is 0.379. The molecule has 0 radical (unpaired) electrons. The van der Waals surface area contributed by atoms with E-state index in [-0.39, 0.29) is 16.3 Å². The maximum atomic E-state index is 12.5. The van der Waals surface area contributed by atoms with Gasteiger partial charge in [-0.1, -0.05) is 30.3 Å². The average molecular weight is 312 g/mol. The highest BCUT2D eigenvalue weighted by molar-refractivity contribution is 5.88. The molecule has 0 aliphatic heterocycles. The minimum Gasteiger partial charge on any atom is -0.503 e. The van der Waals surface area contributed by atoms with Crippen molar-refractivity contribution >= 4 is 16.9 Å². The molecule has 23 heavy (non-hydrogen) atoms. The fourth-order valence-corrected chi connectivity index (χ4v) is 2.28. The fraction of sp³-hybridized carbons (Fsp3) is 0.0625. The van der Waals surface area contributed by atoms with Crippen LogP contribution in [0, 0.1) is 0 Å². The van der Waals surface area contributed by atoms with Crippen LogP contribution in [0.15, 0.2) is 53.6 Å². The van der Waals surface area contributed by atoms with E-state index in [1.807, 2.05) is 30.3 Å². The molecule has 0 saturated heterocycles. The van der Waals surface area contributed by atoms with Crippen LogP contribution in [0.5, 0.6) is 11.6 Å². The van der Waals surface area contributed by atoms with Crippen molar-refractivity contribution in [3.63, 3.8) is 0 Å². The number of aromatic hydroxyl groups is 1. The first-order chi connectivity index (χ1) is 11.1. The third-order valence-electron chi connectivity index (χ3n) is 3.35. The zero-order valence-electron chi connectivity index (χ0n) is 11.8. The van der Waals surface area contributed by atoms with Crippen LogP contribution in [0.3, 0.4) is 0 Å². The maximum Gasteiger partial charge on any atom is 0.512 e. The summed E-state index contributed by atoms with van der Waals surface area (Å²) < 4.78 is 5.85. The van der Waals surface area contributed by atoms with E-state index in [1.165, 1.54) is 23.0 Å². The topological polar surface area (TPSA) is 102 Å². The van der Waals surface area contributed by atoms with Gasteiger partial charge in [-0.15, -0.1) is 0 Å². The van der Waals surface area contributed by atoms with Crippen LogP contribution in [0.2, 0.25) is 0 Å². The molecule has 3 aromatic rings. The van der Waals surface area contributed by atoms with Crippen LogP contribution < -0.4 is 10.3 Å². The SMILES string of the molecule is O=C(O)Oc1ncc2c(=O)n(Cc3ccccc3)ccc2c1O. The summed E-state index contributed by atoms with van der Waals surface area (Å²) in [5, 5.41) is 19.0. The van der Waals surface area contributed by atoms with Gasteiger partial charge in [0.05, 0.1) is 11.9 Å². The lowest BCUT2D eigenvalue weighted by Crippen LogP contribution is -2.20. The highest BCUT2D eigenvalue weighted by atomic mass is 16.7. The van der Waals surface area contributed by atoms with Crippen molar-refractivity contribution in [3.8, 4) is 11.6 Å². The van der Waals surface area contributed by atoms with E-state index in [4.69, 9.17) is 5.11 Å². The Morgan fingerprint density at radius 1 is 1.17 bits per heavy atom. The number of hydrogen-bond donors (Lipinski definition) is 2. The van der Waals surface area contributed by atoms with Gasteiger partial charge < -0.3 is 19.5 Å². The Morgan fingerprint density at radius 3 is 2.61 bits per heavy atom. The molecule has 0 saturated carbocycles. The number of ether oxygens (including phenoxy) is 1. The minimum absolute atomic E-state index is 0.179. The lowest BCUT2D eigenvalue weighted by atomic mass is 10.2. The number of rotatable bonds is 3. The van der Waals surface area contributed by atoms with E-state index in [9.17, 15) is 14.7 Å². The quantitative estimate of drug-likeness (QED) is 0.719. The van der Waals surface area contributed by atoms with E-state index >= 15 is 0 Å². The first-order valence-corrected chi connectivity index (χ1v) is 6.72. The predicted octanol–water partition coefficient (Wildman–Crippen LogP) is 2.21. The Morgan fingerprint density at radius 2 is 1.91 bits per heavy atom. The molecule has 0 fully saturated rings. The normalized spacial score (nSPS) is 10.6. The van der Waals surface area contributed by atoms with Crippen LogP contribution in [0.4, 0.5) is 4.79 Å². The van der Waals surface area contributed by atoms with Crippen molar-refractivity contribution in [3.05, 3.63) is 64.7 Å². The molecule has 2 heterocycles. The minimum atomic E-state index is -1.59. The van der Waals surface area contributed by atoms with Crippen molar-refractivity contribution in [1.82, 2.24) is 9.55 Å². The van der Waals surface area contributed by atoms with Gasteiger partial charge in [0.15, 0.2) is 5.75 Å². The summed E-state index contributed by atoms with van der Waals surface area (Å²) in [4.78, 5) is 26.7. The lowest BCUT2D eigenvalue weighted by Gasteiger charge is -2.09. The Balaban J connectivity index is 2.06. The Kier molecular flexibility index (Phi) is 3.68. The van der Waals surface area contributed by atoms with Crippen molar-refractivity contribution in [1.29, 1.82) is 0 Å². The second-order valence-electron chi connectivity index (χ2n) is 4.84. The first kappa shape index (κ1) is 14.6. The predicted molar refractivity (Wildman–Crippen MR) is 81.9 cm³/mol. The summed E-state index contributed by atoms with van der Waals surface area (Å²) in [5.74, 6) is -0.931. The van der Waals surface area contributed by atoms with Crippen LogP contribution in [-0.2, 0) is 6.54 Å². The van der Waals surface area contributed by atoms with Crippen LogP contribution in [-0.4, -0.2) is 25.9 Å². The average Bonchev–Trinajstić information content (AvgIpc) is 2.53. The van der Waals surface area contributed by atoms with Crippen molar-refractivity contribution in [2.45, 2.75) is 6.54 Å². The highest BCUT2D eigenvalue weighted by Crippen LogP contribution is 2.30. The number of pyridine rings is 2. The second kappa shape index (κ2) is 5.80. The summed E-state index contributed by atoms with van der Waals surface area (Å²) in [6, 6.07) is 11.0. The molecule has 7 nitrogen and oxygen atoms in total. The van der Waals surface area contributed by atoms with Crippen molar-refractivity contribution < 1.29 is 19.7 Å². The number of nitrogens with zero attached hydrogens (tertiary/aromatic N) is 2. The molecule has 0 aliphatic rings. The third kappa shape index (κ3) is 2.84. The zero-order valence-corrected chi connectivity index (χ0v) is 11.8. The van der Waals surface area contributed by atoms with E-state index in [2.05, 4.69) is 9.72 Å². The molecule has 0 amide bonds. The number of benzene rings is 1. The van der Waals surface area contributed by atoms with Crippen molar-refractivity contribution in [2.75, 3.05) is 0 Å². The standard InChI is InChI=1S/C16H12N2O5/c19-13-11-6-7-18(9-10-4-2-1-3-5-10)15(20)12(11)8-17-14(13)23-16(21)22/h1-8,19H,9H2,(H,21,22). The molecule has 0 atom stereocenters. The van der Waals surface area contributed by atoms with Gasteiger partial charge in [-0.05, 0) is 11.6 Å². The zero-order chi connectivity index (χ0) is 16.4. The number of hydrogen-bond acceptors (Lipinski definition) is 5. The Hall–Kier alpha value is -3.35. The number of carbonyl (C=O) groups is 1. The van der Waals surface area contributed by atoms with Crippen LogP contribution in [0.1, 0.15) is 5.56 Å². The van der Waals surface area contributed by atoms with E-state index in [0.29, 0.717) is 6.54 Å². The molecule has 0 unspecified atom stereocenters. The largest absolute Gasteiger partial charge is 0.512 e. The molecule has 0 spiro atoms. The molecule has 1 aromatic carbocycles. The molecule has 7 heteroatoms. The van der Waals surface area contributed by atoms with E-state index < -0.39 is 17.8 Å². The van der Waals surface area contributed by atoms with Gasteiger partial charge in [-0.3, -0.25) is 4.79 Å². The maximum absolute atomic E-state index is 12.5. The summed E-state index contributed by atoms with van der Waals surface area (Å²) >= 11 is 0.